The van der Waals surface area contributed by atoms with E-state index in [9.17, 15) is 4.79 Å². The first-order chi connectivity index (χ1) is 10.1. The highest BCUT2D eigenvalue weighted by Gasteiger charge is 2.26. The Morgan fingerprint density at radius 2 is 2.10 bits per heavy atom. The molecule has 1 aliphatic heterocycles. The minimum atomic E-state index is -0.0590. The van der Waals surface area contributed by atoms with Gasteiger partial charge in [-0.2, -0.15) is 5.10 Å². The van der Waals surface area contributed by atoms with E-state index in [0.717, 1.165) is 37.2 Å². The molecule has 1 aromatic heterocycles. The molecule has 1 amide bonds. The van der Waals surface area contributed by atoms with Gasteiger partial charge in [-0.15, -0.1) is 0 Å². The summed E-state index contributed by atoms with van der Waals surface area (Å²) in [4.78, 5) is 14.5. The normalized spacial score (nSPS) is 26.8. The molecule has 0 bridgehead atoms. The standard InChI is InChI=1S/C16H26N4O/c1-11-7-12(2)10-20(9-11)6-5-17-16(21)15-8-14(18-19-15)13-3-4-13/h8,11-13H,3-7,9-10H2,1-2H3,(H,17,21)(H,18,19)/t11-,12-/m0/s1. The summed E-state index contributed by atoms with van der Waals surface area (Å²) in [6.45, 7) is 8.54. The summed E-state index contributed by atoms with van der Waals surface area (Å²) in [5, 5.41) is 10.1. The molecule has 21 heavy (non-hydrogen) atoms. The highest BCUT2D eigenvalue weighted by Crippen LogP contribution is 2.38. The lowest BCUT2D eigenvalue weighted by molar-refractivity contribution is 0.0931. The van der Waals surface area contributed by atoms with Crippen molar-refractivity contribution < 1.29 is 4.79 Å². The molecule has 2 fully saturated rings. The quantitative estimate of drug-likeness (QED) is 0.872. The van der Waals surface area contributed by atoms with E-state index in [-0.39, 0.29) is 5.91 Å². The van der Waals surface area contributed by atoms with Crippen LogP contribution in [0.1, 0.15) is 55.2 Å². The molecule has 1 saturated carbocycles. The molecule has 0 aromatic carbocycles. The third-order valence-electron chi connectivity index (χ3n) is 4.51. The number of aromatic amines is 1. The van der Waals surface area contributed by atoms with E-state index in [1.54, 1.807) is 0 Å². The van der Waals surface area contributed by atoms with Crippen molar-refractivity contribution in [3.8, 4) is 0 Å². The monoisotopic (exact) mass is 290 g/mol. The Morgan fingerprint density at radius 3 is 2.76 bits per heavy atom. The predicted molar refractivity (Wildman–Crippen MR) is 82.3 cm³/mol. The zero-order valence-electron chi connectivity index (χ0n) is 13.1. The van der Waals surface area contributed by atoms with Gasteiger partial charge in [0.1, 0.15) is 5.69 Å². The van der Waals surface area contributed by atoms with Gasteiger partial charge in [-0.1, -0.05) is 13.8 Å². The van der Waals surface area contributed by atoms with Crippen LogP contribution >= 0.6 is 0 Å². The first-order valence-corrected chi connectivity index (χ1v) is 8.17. The lowest BCUT2D eigenvalue weighted by Gasteiger charge is -2.34. The van der Waals surface area contributed by atoms with Crippen LogP contribution in [0.2, 0.25) is 0 Å². The second-order valence-corrected chi connectivity index (χ2v) is 6.94. The number of hydrogen-bond donors (Lipinski definition) is 2. The number of carbonyl (C=O) groups is 1. The Bertz CT molecular complexity index is 484. The van der Waals surface area contributed by atoms with Crippen molar-refractivity contribution in [3.63, 3.8) is 0 Å². The van der Waals surface area contributed by atoms with Gasteiger partial charge in [-0.3, -0.25) is 9.89 Å². The molecule has 116 valence electrons. The molecule has 1 aliphatic carbocycles. The lowest BCUT2D eigenvalue weighted by atomic mass is 9.92. The Morgan fingerprint density at radius 1 is 1.38 bits per heavy atom. The van der Waals surface area contributed by atoms with Gasteiger partial charge in [-0.25, -0.2) is 0 Å². The number of nitrogens with one attached hydrogen (secondary N) is 2. The number of carbonyl (C=O) groups excluding carboxylic acids is 1. The fourth-order valence-corrected chi connectivity index (χ4v) is 3.45. The molecule has 1 saturated heterocycles. The smallest absolute Gasteiger partial charge is 0.271 e. The first kappa shape index (κ1) is 14.6. The SMILES string of the molecule is C[C@H]1C[C@H](C)CN(CCNC(=O)c2cc(C3CC3)[nH]n2)C1. The number of amides is 1. The van der Waals surface area contributed by atoms with Gasteiger partial charge in [0, 0.05) is 37.8 Å². The van der Waals surface area contributed by atoms with Crippen LogP contribution in [0.4, 0.5) is 0 Å². The molecule has 2 aliphatic rings. The highest BCUT2D eigenvalue weighted by atomic mass is 16.1. The molecule has 2 atom stereocenters. The highest BCUT2D eigenvalue weighted by molar-refractivity contribution is 5.92. The lowest BCUT2D eigenvalue weighted by Crippen LogP contribution is -2.42. The third kappa shape index (κ3) is 3.84. The largest absolute Gasteiger partial charge is 0.349 e. The third-order valence-corrected chi connectivity index (χ3v) is 4.51. The van der Waals surface area contributed by atoms with Gasteiger partial charge in [-0.05, 0) is 37.2 Å². The van der Waals surface area contributed by atoms with Crippen LogP contribution in [0, 0.1) is 11.8 Å². The van der Waals surface area contributed by atoms with Gasteiger partial charge in [0.2, 0.25) is 0 Å². The maximum absolute atomic E-state index is 12.1. The van der Waals surface area contributed by atoms with E-state index >= 15 is 0 Å². The first-order valence-electron chi connectivity index (χ1n) is 8.17. The van der Waals surface area contributed by atoms with Gasteiger partial charge in [0.15, 0.2) is 0 Å². The Labute approximate surface area is 126 Å². The van der Waals surface area contributed by atoms with Crippen molar-refractivity contribution in [2.45, 2.75) is 39.0 Å². The summed E-state index contributed by atoms with van der Waals surface area (Å²) in [6, 6.07) is 1.90. The predicted octanol–water partition coefficient (Wildman–Crippen LogP) is 1.99. The molecule has 2 N–H and O–H groups in total. The van der Waals surface area contributed by atoms with Crippen molar-refractivity contribution >= 4 is 5.91 Å². The summed E-state index contributed by atoms with van der Waals surface area (Å²) in [6.07, 6.45) is 3.75. The number of hydrogen-bond acceptors (Lipinski definition) is 3. The Hall–Kier alpha value is -1.36. The van der Waals surface area contributed by atoms with Crippen LogP contribution in [0.3, 0.4) is 0 Å². The summed E-state index contributed by atoms with van der Waals surface area (Å²) in [7, 11) is 0. The van der Waals surface area contributed by atoms with Crippen molar-refractivity contribution in [1.29, 1.82) is 0 Å². The Balaban J connectivity index is 1.42. The van der Waals surface area contributed by atoms with Crippen molar-refractivity contribution in [2.24, 2.45) is 11.8 Å². The van der Waals surface area contributed by atoms with Crippen LogP contribution in [0.15, 0.2) is 6.07 Å². The number of aromatic nitrogens is 2. The second-order valence-electron chi connectivity index (χ2n) is 6.94. The number of likely N-dealkylation sites (tertiary alicyclic amines) is 1. The molecule has 0 unspecified atom stereocenters. The van der Waals surface area contributed by atoms with Crippen LogP contribution < -0.4 is 5.32 Å². The van der Waals surface area contributed by atoms with Crippen molar-refractivity contribution in [1.82, 2.24) is 20.4 Å². The van der Waals surface area contributed by atoms with E-state index in [1.165, 1.54) is 19.3 Å². The molecule has 3 rings (SSSR count). The van der Waals surface area contributed by atoms with Crippen LogP contribution in [-0.2, 0) is 0 Å². The summed E-state index contributed by atoms with van der Waals surface area (Å²) in [5.41, 5.74) is 1.64. The molecule has 1 aromatic rings. The maximum Gasteiger partial charge on any atom is 0.271 e. The number of nitrogens with zero attached hydrogens (tertiary/aromatic N) is 2. The second kappa shape index (κ2) is 6.18. The van der Waals surface area contributed by atoms with Gasteiger partial charge >= 0.3 is 0 Å². The fourth-order valence-electron chi connectivity index (χ4n) is 3.45. The molecular weight excluding hydrogens is 264 g/mol. The molecule has 5 nitrogen and oxygen atoms in total. The van der Waals surface area contributed by atoms with Gasteiger partial charge < -0.3 is 10.2 Å². The molecular formula is C16H26N4O. The fraction of sp³-hybridized carbons (Fsp3) is 0.750. The minimum absolute atomic E-state index is 0.0590. The summed E-state index contributed by atoms with van der Waals surface area (Å²) in [5.74, 6) is 2.07. The average molecular weight is 290 g/mol. The number of piperidine rings is 1. The van der Waals surface area contributed by atoms with Crippen LogP contribution in [-0.4, -0.2) is 47.2 Å². The maximum atomic E-state index is 12.1. The molecule has 5 heteroatoms. The summed E-state index contributed by atoms with van der Waals surface area (Å²) >= 11 is 0. The molecule has 0 radical (unpaired) electrons. The zero-order valence-corrected chi connectivity index (χ0v) is 13.1. The molecule has 2 heterocycles. The zero-order chi connectivity index (χ0) is 14.8. The average Bonchev–Trinajstić information content (AvgIpc) is 3.15. The van der Waals surface area contributed by atoms with Crippen LogP contribution in [0.25, 0.3) is 0 Å². The number of rotatable bonds is 5. The van der Waals surface area contributed by atoms with E-state index in [1.807, 2.05) is 6.07 Å². The van der Waals surface area contributed by atoms with Gasteiger partial charge in [0.25, 0.3) is 5.91 Å². The van der Waals surface area contributed by atoms with Gasteiger partial charge in [0.05, 0.1) is 0 Å². The van der Waals surface area contributed by atoms with Crippen LogP contribution in [0.5, 0.6) is 0 Å². The number of H-pyrrole nitrogens is 1. The van der Waals surface area contributed by atoms with E-state index in [4.69, 9.17) is 0 Å². The van der Waals surface area contributed by atoms with E-state index in [0.29, 0.717) is 18.2 Å². The van der Waals surface area contributed by atoms with E-state index in [2.05, 4.69) is 34.3 Å². The van der Waals surface area contributed by atoms with Crippen molar-refractivity contribution in [2.75, 3.05) is 26.2 Å². The molecule has 0 spiro atoms. The topological polar surface area (TPSA) is 61.0 Å². The minimum Gasteiger partial charge on any atom is -0.349 e. The Kier molecular flexibility index (Phi) is 4.29. The summed E-state index contributed by atoms with van der Waals surface area (Å²) < 4.78 is 0. The van der Waals surface area contributed by atoms with Crippen molar-refractivity contribution in [3.05, 3.63) is 17.5 Å². The van der Waals surface area contributed by atoms with E-state index < -0.39 is 0 Å².